The Bertz CT molecular complexity index is 1160. The van der Waals surface area contributed by atoms with Gasteiger partial charge in [-0.3, -0.25) is 4.79 Å². The quantitative estimate of drug-likeness (QED) is 0.623. The number of hydrogen-bond acceptors (Lipinski definition) is 5. The predicted octanol–water partition coefficient (Wildman–Crippen LogP) is 3.09. The van der Waals surface area contributed by atoms with Crippen molar-refractivity contribution in [1.29, 1.82) is 0 Å². The molecule has 4 rings (SSSR count). The Morgan fingerprint density at radius 1 is 1.15 bits per heavy atom. The zero-order chi connectivity index (χ0) is 23.6. The number of rotatable bonds is 5. The van der Waals surface area contributed by atoms with Gasteiger partial charge in [0.25, 0.3) is 0 Å². The topological polar surface area (TPSA) is 76.2 Å². The van der Waals surface area contributed by atoms with Gasteiger partial charge >= 0.3 is 0 Å². The molecule has 0 radical (unpaired) electrons. The molecule has 1 saturated heterocycles. The summed E-state index contributed by atoms with van der Waals surface area (Å²) in [5, 5.41) is 0. The number of halogens is 1. The number of benzene rings is 2. The molecule has 33 heavy (non-hydrogen) atoms. The van der Waals surface area contributed by atoms with Crippen LogP contribution in [0.1, 0.15) is 24.5 Å². The van der Waals surface area contributed by atoms with Crippen LogP contribution in [0.15, 0.2) is 47.4 Å². The molecule has 0 spiro atoms. The van der Waals surface area contributed by atoms with Crippen molar-refractivity contribution in [3.63, 3.8) is 0 Å². The second kappa shape index (κ2) is 9.52. The largest absolute Gasteiger partial charge is 0.496 e. The molecule has 1 unspecified atom stereocenters. The molecule has 1 atom stereocenters. The van der Waals surface area contributed by atoms with E-state index in [2.05, 4.69) is 0 Å². The van der Waals surface area contributed by atoms with Crippen LogP contribution >= 0.6 is 0 Å². The summed E-state index contributed by atoms with van der Waals surface area (Å²) < 4.78 is 51.6. The first-order chi connectivity index (χ1) is 15.8. The van der Waals surface area contributed by atoms with E-state index in [1.165, 1.54) is 22.5 Å². The number of amides is 1. The van der Waals surface area contributed by atoms with Gasteiger partial charge in [0, 0.05) is 49.8 Å². The van der Waals surface area contributed by atoms with E-state index in [-0.39, 0.29) is 30.0 Å². The lowest BCUT2D eigenvalue weighted by Gasteiger charge is -2.21. The van der Waals surface area contributed by atoms with Crippen LogP contribution in [0, 0.1) is 5.82 Å². The molecule has 0 saturated carbocycles. The summed E-state index contributed by atoms with van der Waals surface area (Å²) in [5.74, 6) is 0.775. The highest BCUT2D eigenvalue weighted by Gasteiger charge is 2.28. The van der Waals surface area contributed by atoms with E-state index in [0.29, 0.717) is 25.3 Å². The SMILES string of the molecule is COc1cc2c(cc1C=CC(=O)N1CCCN(S(=O)(=O)c3ccc(F)cc3)CC1)OC(C)C2. The molecule has 2 aliphatic heterocycles. The Hall–Kier alpha value is -2.91. The van der Waals surface area contributed by atoms with E-state index in [1.54, 1.807) is 18.1 Å². The maximum absolute atomic E-state index is 13.2. The second-order valence-electron chi connectivity index (χ2n) is 8.20. The number of carbonyl (C=O) groups excluding carboxylic acids is 1. The van der Waals surface area contributed by atoms with Crippen molar-refractivity contribution in [3.8, 4) is 11.5 Å². The van der Waals surface area contributed by atoms with Crippen molar-refractivity contribution in [3.05, 3.63) is 59.4 Å². The third-order valence-electron chi connectivity index (χ3n) is 5.87. The van der Waals surface area contributed by atoms with Gasteiger partial charge in [-0.1, -0.05) is 0 Å². The van der Waals surface area contributed by atoms with Gasteiger partial charge in [0.2, 0.25) is 15.9 Å². The molecule has 0 bridgehead atoms. The standard InChI is InChI=1S/C24H27FN2O5S/c1-17-14-19-16-22(31-2)18(15-23(19)32-17)4-9-24(28)26-10-3-11-27(13-12-26)33(29,30)21-7-5-20(25)6-8-21/h4-9,15-17H,3,10-14H2,1-2H3. The molecule has 0 N–H and O–H groups in total. The molecular formula is C24H27FN2O5S. The molecule has 0 aliphatic carbocycles. The Morgan fingerprint density at radius 2 is 1.91 bits per heavy atom. The second-order valence-corrected chi connectivity index (χ2v) is 10.1. The minimum atomic E-state index is -3.75. The van der Waals surface area contributed by atoms with Crippen LogP contribution in [0.3, 0.4) is 0 Å². The fraction of sp³-hybridized carbons (Fsp3) is 0.375. The summed E-state index contributed by atoms with van der Waals surface area (Å²) in [7, 11) is -2.16. The summed E-state index contributed by atoms with van der Waals surface area (Å²) in [6, 6.07) is 8.59. The summed E-state index contributed by atoms with van der Waals surface area (Å²) in [6.45, 7) is 3.19. The van der Waals surface area contributed by atoms with Gasteiger partial charge in [0.15, 0.2) is 0 Å². The number of methoxy groups -OCH3 is 1. The summed E-state index contributed by atoms with van der Waals surface area (Å²) in [5.41, 5.74) is 1.83. The first kappa shape index (κ1) is 23.3. The molecule has 2 heterocycles. The number of ether oxygens (including phenoxy) is 2. The zero-order valence-corrected chi connectivity index (χ0v) is 19.5. The zero-order valence-electron chi connectivity index (χ0n) is 18.7. The van der Waals surface area contributed by atoms with E-state index in [9.17, 15) is 17.6 Å². The van der Waals surface area contributed by atoms with Crippen LogP contribution in [-0.4, -0.2) is 62.9 Å². The lowest BCUT2D eigenvalue weighted by Crippen LogP contribution is -2.36. The Kier molecular flexibility index (Phi) is 6.71. The number of sulfonamides is 1. The first-order valence-corrected chi connectivity index (χ1v) is 12.3. The highest BCUT2D eigenvalue weighted by molar-refractivity contribution is 7.89. The number of hydrogen-bond donors (Lipinski definition) is 0. The molecule has 1 amide bonds. The number of fused-ring (bicyclic) bond motifs is 1. The maximum atomic E-state index is 13.2. The Morgan fingerprint density at radius 3 is 2.64 bits per heavy atom. The molecule has 7 nitrogen and oxygen atoms in total. The van der Waals surface area contributed by atoms with Gasteiger partial charge in [0.1, 0.15) is 23.4 Å². The minimum absolute atomic E-state index is 0.0452. The highest BCUT2D eigenvalue weighted by atomic mass is 32.2. The maximum Gasteiger partial charge on any atom is 0.246 e. The van der Waals surface area contributed by atoms with Crippen LogP contribution in [0.5, 0.6) is 11.5 Å². The van der Waals surface area contributed by atoms with Crippen LogP contribution in [0.25, 0.3) is 6.08 Å². The molecule has 2 aliphatic rings. The van der Waals surface area contributed by atoms with Gasteiger partial charge in [0.05, 0.1) is 12.0 Å². The number of carbonyl (C=O) groups is 1. The molecule has 1 fully saturated rings. The van der Waals surface area contributed by atoms with Crippen molar-refractivity contribution in [1.82, 2.24) is 9.21 Å². The third-order valence-corrected chi connectivity index (χ3v) is 7.78. The summed E-state index contributed by atoms with van der Waals surface area (Å²) in [6.07, 6.45) is 4.61. The van der Waals surface area contributed by atoms with E-state index in [4.69, 9.17) is 9.47 Å². The summed E-state index contributed by atoms with van der Waals surface area (Å²) in [4.78, 5) is 14.5. The van der Waals surface area contributed by atoms with Gasteiger partial charge in [-0.2, -0.15) is 4.31 Å². The van der Waals surface area contributed by atoms with Gasteiger partial charge < -0.3 is 14.4 Å². The first-order valence-electron chi connectivity index (χ1n) is 10.9. The molecule has 2 aromatic rings. The van der Waals surface area contributed by atoms with E-state index in [1.807, 2.05) is 19.1 Å². The molecule has 176 valence electrons. The van der Waals surface area contributed by atoms with Crippen LogP contribution < -0.4 is 9.47 Å². The Balaban J connectivity index is 1.44. The predicted molar refractivity (Wildman–Crippen MR) is 122 cm³/mol. The fourth-order valence-corrected chi connectivity index (χ4v) is 5.61. The van der Waals surface area contributed by atoms with Crippen molar-refractivity contribution in [2.75, 3.05) is 33.3 Å². The molecular weight excluding hydrogens is 447 g/mol. The van der Waals surface area contributed by atoms with Crippen LogP contribution in [0.2, 0.25) is 0 Å². The van der Waals surface area contributed by atoms with Crippen molar-refractivity contribution in [2.24, 2.45) is 0 Å². The molecule has 9 heteroatoms. The van der Waals surface area contributed by atoms with Gasteiger partial charge in [-0.15, -0.1) is 0 Å². The number of nitrogens with zero attached hydrogens (tertiary/aromatic N) is 2. The third kappa shape index (κ3) is 5.04. The lowest BCUT2D eigenvalue weighted by molar-refractivity contribution is -0.125. The summed E-state index contributed by atoms with van der Waals surface area (Å²) >= 11 is 0. The van der Waals surface area contributed by atoms with Crippen LogP contribution in [0.4, 0.5) is 4.39 Å². The van der Waals surface area contributed by atoms with E-state index >= 15 is 0 Å². The minimum Gasteiger partial charge on any atom is -0.496 e. The normalized spacial score (nSPS) is 19.2. The fourth-order valence-electron chi connectivity index (χ4n) is 4.14. The van der Waals surface area contributed by atoms with Gasteiger partial charge in [-0.25, -0.2) is 12.8 Å². The molecule has 0 aromatic heterocycles. The lowest BCUT2D eigenvalue weighted by atomic mass is 10.1. The van der Waals surface area contributed by atoms with Crippen molar-refractivity contribution >= 4 is 22.0 Å². The highest BCUT2D eigenvalue weighted by Crippen LogP contribution is 2.35. The Labute approximate surface area is 193 Å². The average molecular weight is 475 g/mol. The van der Waals surface area contributed by atoms with Crippen LogP contribution in [-0.2, 0) is 21.2 Å². The monoisotopic (exact) mass is 474 g/mol. The molecule has 2 aromatic carbocycles. The average Bonchev–Trinajstić information content (AvgIpc) is 2.98. The van der Waals surface area contributed by atoms with Crippen molar-refractivity contribution < 1.29 is 27.1 Å². The smallest absolute Gasteiger partial charge is 0.246 e. The van der Waals surface area contributed by atoms with E-state index < -0.39 is 15.8 Å². The van der Waals surface area contributed by atoms with E-state index in [0.717, 1.165) is 35.4 Å². The van der Waals surface area contributed by atoms with Gasteiger partial charge in [-0.05, 0) is 55.8 Å². The van der Waals surface area contributed by atoms with Crippen molar-refractivity contribution in [2.45, 2.75) is 30.8 Å².